The molecule has 4 amide bonds. The molecule has 0 unspecified atom stereocenters. The van der Waals surface area contributed by atoms with Crippen LogP contribution in [0.25, 0.3) is 0 Å². The van der Waals surface area contributed by atoms with Crippen molar-refractivity contribution in [3.63, 3.8) is 0 Å². The minimum absolute atomic E-state index is 0.00530. The predicted octanol–water partition coefficient (Wildman–Crippen LogP) is 4.13. The topological polar surface area (TPSA) is 119 Å². The SMILES string of the molecule is CC(=O)Nc1ccc(SCN(O)C(=O)C[C@@H](CC(C)C)C(=O)NCCC(=O)N(C)c2ccccc2)cc1. The van der Waals surface area contributed by atoms with Crippen molar-refractivity contribution in [1.29, 1.82) is 0 Å². The zero-order valence-corrected chi connectivity index (χ0v) is 22.6. The summed E-state index contributed by atoms with van der Waals surface area (Å²) in [6.45, 7) is 5.50. The first-order chi connectivity index (χ1) is 17.6. The maximum absolute atomic E-state index is 12.8. The number of amides is 4. The normalized spacial score (nSPS) is 11.5. The molecule has 9 nitrogen and oxygen atoms in total. The average Bonchev–Trinajstić information content (AvgIpc) is 2.86. The highest BCUT2D eigenvalue weighted by atomic mass is 32.2. The first kappa shape index (κ1) is 29.9. The monoisotopic (exact) mass is 528 g/mol. The Kier molecular flexibility index (Phi) is 12.1. The summed E-state index contributed by atoms with van der Waals surface area (Å²) in [5, 5.41) is 16.3. The highest BCUT2D eigenvalue weighted by molar-refractivity contribution is 7.99. The number of hydrogen-bond donors (Lipinski definition) is 3. The minimum atomic E-state index is -0.619. The van der Waals surface area contributed by atoms with Crippen LogP contribution in [0.15, 0.2) is 59.5 Å². The second kappa shape index (κ2) is 15.0. The highest BCUT2D eigenvalue weighted by Gasteiger charge is 2.25. The summed E-state index contributed by atoms with van der Waals surface area (Å²) in [6.07, 6.45) is 0.463. The molecule has 2 aromatic carbocycles. The van der Waals surface area contributed by atoms with E-state index in [1.54, 1.807) is 31.3 Å². The molecule has 0 aliphatic rings. The highest BCUT2D eigenvalue weighted by Crippen LogP contribution is 2.22. The van der Waals surface area contributed by atoms with Gasteiger partial charge in [0.25, 0.3) is 0 Å². The molecular weight excluding hydrogens is 492 g/mol. The number of benzene rings is 2. The number of carbonyl (C=O) groups excluding carboxylic acids is 4. The zero-order chi connectivity index (χ0) is 27.4. The van der Waals surface area contributed by atoms with Gasteiger partial charge in [0.05, 0.1) is 5.88 Å². The van der Waals surface area contributed by atoms with E-state index >= 15 is 0 Å². The molecule has 0 aliphatic carbocycles. The van der Waals surface area contributed by atoms with Crippen LogP contribution < -0.4 is 15.5 Å². The van der Waals surface area contributed by atoms with Crippen molar-refractivity contribution in [2.45, 2.75) is 44.9 Å². The summed E-state index contributed by atoms with van der Waals surface area (Å²) >= 11 is 1.25. The molecule has 1 atom stereocenters. The van der Waals surface area contributed by atoms with Gasteiger partial charge in [-0.2, -0.15) is 0 Å². The zero-order valence-electron chi connectivity index (χ0n) is 21.8. The molecule has 0 saturated heterocycles. The second-order valence-corrected chi connectivity index (χ2v) is 10.2. The Morgan fingerprint density at radius 1 is 0.973 bits per heavy atom. The van der Waals surface area contributed by atoms with Gasteiger partial charge >= 0.3 is 0 Å². The Labute approximate surface area is 222 Å². The van der Waals surface area contributed by atoms with Gasteiger partial charge in [0.1, 0.15) is 0 Å². The van der Waals surface area contributed by atoms with Crippen molar-refractivity contribution in [3.8, 4) is 0 Å². The van der Waals surface area contributed by atoms with Gasteiger partial charge in [-0.1, -0.05) is 32.0 Å². The van der Waals surface area contributed by atoms with Crippen molar-refractivity contribution >= 4 is 46.8 Å². The van der Waals surface area contributed by atoms with E-state index in [2.05, 4.69) is 10.6 Å². The van der Waals surface area contributed by atoms with Crippen LogP contribution in [0.4, 0.5) is 11.4 Å². The molecule has 0 aromatic heterocycles. The van der Waals surface area contributed by atoms with Gasteiger partial charge in [-0.3, -0.25) is 24.4 Å². The fourth-order valence-corrected chi connectivity index (χ4v) is 4.36. The molecule has 0 bridgehead atoms. The number of anilines is 2. The summed E-state index contributed by atoms with van der Waals surface area (Å²) in [4.78, 5) is 51.4. The number of para-hydroxylation sites is 1. The lowest BCUT2D eigenvalue weighted by molar-refractivity contribution is -0.163. The van der Waals surface area contributed by atoms with E-state index in [1.807, 2.05) is 44.2 Å². The lowest BCUT2D eigenvalue weighted by Gasteiger charge is -2.22. The van der Waals surface area contributed by atoms with Crippen molar-refractivity contribution in [1.82, 2.24) is 10.4 Å². The molecule has 2 rings (SSSR count). The fraction of sp³-hybridized carbons (Fsp3) is 0.407. The molecule has 0 spiro atoms. The van der Waals surface area contributed by atoms with Crippen molar-refractivity contribution in [3.05, 3.63) is 54.6 Å². The van der Waals surface area contributed by atoms with Crippen molar-refractivity contribution < 1.29 is 24.4 Å². The van der Waals surface area contributed by atoms with E-state index in [4.69, 9.17) is 0 Å². The van der Waals surface area contributed by atoms with Crippen LogP contribution in [0.5, 0.6) is 0 Å². The molecule has 0 saturated carbocycles. The van der Waals surface area contributed by atoms with Gasteiger partial charge in [-0.25, -0.2) is 5.06 Å². The lowest BCUT2D eigenvalue weighted by atomic mass is 9.93. The lowest BCUT2D eigenvalue weighted by Crippen LogP contribution is -2.38. The predicted molar refractivity (Wildman–Crippen MR) is 145 cm³/mol. The Balaban J connectivity index is 1.84. The summed E-state index contributed by atoms with van der Waals surface area (Å²) in [6, 6.07) is 16.3. The Hall–Kier alpha value is -3.37. The van der Waals surface area contributed by atoms with Crippen molar-refractivity contribution in [2.75, 3.05) is 29.7 Å². The van der Waals surface area contributed by atoms with E-state index in [0.29, 0.717) is 17.2 Å². The molecule has 0 aliphatic heterocycles. The van der Waals surface area contributed by atoms with E-state index in [1.165, 1.54) is 23.6 Å². The van der Waals surface area contributed by atoms with Gasteiger partial charge < -0.3 is 15.5 Å². The van der Waals surface area contributed by atoms with Crippen LogP contribution >= 0.6 is 11.8 Å². The maximum Gasteiger partial charge on any atom is 0.247 e. The summed E-state index contributed by atoms with van der Waals surface area (Å²) in [5.74, 6) is -1.63. The van der Waals surface area contributed by atoms with E-state index in [0.717, 1.165) is 10.6 Å². The van der Waals surface area contributed by atoms with Crippen LogP contribution in [0, 0.1) is 11.8 Å². The number of hydrogen-bond acceptors (Lipinski definition) is 6. The molecule has 200 valence electrons. The van der Waals surface area contributed by atoms with E-state index < -0.39 is 11.8 Å². The van der Waals surface area contributed by atoms with Crippen LogP contribution in [0.1, 0.15) is 40.0 Å². The number of thioether (sulfide) groups is 1. The van der Waals surface area contributed by atoms with Crippen LogP contribution in [-0.2, 0) is 19.2 Å². The molecular formula is C27H36N4O5S. The Bertz CT molecular complexity index is 1050. The van der Waals surface area contributed by atoms with Crippen LogP contribution in [-0.4, -0.2) is 53.4 Å². The number of rotatable bonds is 13. The Morgan fingerprint density at radius 3 is 2.22 bits per heavy atom. The molecule has 37 heavy (non-hydrogen) atoms. The molecule has 2 aromatic rings. The third-order valence-electron chi connectivity index (χ3n) is 5.52. The number of carbonyl (C=O) groups is 4. The Morgan fingerprint density at radius 2 is 1.62 bits per heavy atom. The molecule has 0 fully saturated rings. The van der Waals surface area contributed by atoms with Gasteiger partial charge in [-0.15, -0.1) is 11.8 Å². The van der Waals surface area contributed by atoms with Gasteiger partial charge in [0.2, 0.25) is 23.6 Å². The minimum Gasteiger partial charge on any atom is -0.355 e. The van der Waals surface area contributed by atoms with Gasteiger partial charge in [-0.05, 0) is 48.7 Å². The number of nitrogens with zero attached hydrogens (tertiary/aromatic N) is 2. The van der Waals surface area contributed by atoms with Gasteiger partial charge in [0.15, 0.2) is 0 Å². The van der Waals surface area contributed by atoms with Crippen molar-refractivity contribution in [2.24, 2.45) is 11.8 Å². The molecule has 10 heteroatoms. The fourth-order valence-electron chi connectivity index (χ4n) is 3.61. The first-order valence-electron chi connectivity index (χ1n) is 12.2. The smallest absolute Gasteiger partial charge is 0.247 e. The van der Waals surface area contributed by atoms with Crippen LogP contribution in [0.2, 0.25) is 0 Å². The third kappa shape index (κ3) is 10.6. The first-order valence-corrected chi connectivity index (χ1v) is 13.1. The summed E-state index contributed by atoms with van der Waals surface area (Å²) in [5.41, 5.74) is 1.43. The third-order valence-corrected chi connectivity index (χ3v) is 6.50. The van der Waals surface area contributed by atoms with Crippen LogP contribution in [0.3, 0.4) is 0 Å². The van der Waals surface area contributed by atoms with Gasteiger partial charge in [0, 0.05) is 55.5 Å². The molecule has 0 heterocycles. The second-order valence-electron chi connectivity index (χ2n) is 9.13. The van der Waals surface area contributed by atoms with E-state index in [-0.39, 0.29) is 48.9 Å². The standard InChI is InChI=1S/C27H36N4O5S/c1-19(2)16-21(27(35)28-15-14-25(33)30(4)23-8-6-5-7-9-23)17-26(34)31(36)18-37-24-12-10-22(11-13-24)29-20(3)32/h5-13,19,21,36H,14-18H2,1-4H3,(H,28,35)(H,29,32)/t21-/m1/s1. The van der Waals surface area contributed by atoms with E-state index in [9.17, 15) is 24.4 Å². The average molecular weight is 529 g/mol. The number of hydroxylamine groups is 2. The number of nitrogens with one attached hydrogen (secondary N) is 2. The maximum atomic E-state index is 12.8. The quantitative estimate of drug-likeness (QED) is 0.156. The molecule has 3 N–H and O–H groups in total. The molecule has 0 radical (unpaired) electrons. The largest absolute Gasteiger partial charge is 0.355 e. The summed E-state index contributed by atoms with van der Waals surface area (Å²) in [7, 11) is 1.69. The summed E-state index contributed by atoms with van der Waals surface area (Å²) < 4.78 is 0.